The highest BCUT2D eigenvalue weighted by molar-refractivity contribution is 6.31. The van der Waals surface area contributed by atoms with E-state index in [4.69, 9.17) is 23.2 Å². The summed E-state index contributed by atoms with van der Waals surface area (Å²) in [6.45, 7) is 0. The van der Waals surface area contributed by atoms with Crippen LogP contribution in [0.15, 0.2) is 71.8 Å². The van der Waals surface area contributed by atoms with Crippen molar-refractivity contribution in [2.45, 2.75) is 12.5 Å². The fraction of sp³-hybridized carbons (Fsp3) is 0.0952. The van der Waals surface area contributed by atoms with Crippen molar-refractivity contribution in [2.75, 3.05) is 5.01 Å². The van der Waals surface area contributed by atoms with Crippen molar-refractivity contribution >= 4 is 46.0 Å². The molecule has 31 heavy (non-hydrogen) atoms. The number of halogens is 2. The summed E-state index contributed by atoms with van der Waals surface area (Å²) in [5, 5.41) is 30.1. The molecule has 0 radical (unpaired) electrons. The van der Waals surface area contributed by atoms with Crippen LogP contribution in [0.3, 0.4) is 0 Å². The summed E-state index contributed by atoms with van der Waals surface area (Å²) in [6.07, 6.45) is 0.430. The fourth-order valence-electron chi connectivity index (χ4n) is 3.50. The molecule has 1 aliphatic rings. The monoisotopic (exact) mass is 456 g/mol. The minimum Gasteiger partial charge on any atom is -0.258 e. The van der Waals surface area contributed by atoms with Gasteiger partial charge in [-0.1, -0.05) is 53.5 Å². The van der Waals surface area contributed by atoms with E-state index in [1.165, 1.54) is 17.1 Å². The molecule has 0 aliphatic carbocycles. The minimum absolute atomic E-state index is 0.143. The Balaban J connectivity index is 1.86. The van der Waals surface area contributed by atoms with E-state index in [-0.39, 0.29) is 11.4 Å². The Labute approximate surface area is 186 Å². The average molecular weight is 457 g/mol. The van der Waals surface area contributed by atoms with Gasteiger partial charge in [0.15, 0.2) is 0 Å². The molecule has 1 heterocycles. The van der Waals surface area contributed by atoms with Crippen molar-refractivity contribution in [3.05, 3.63) is 108 Å². The van der Waals surface area contributed by atoms with Gasteiger partial charge in [-0.2, -0.15) is 5.10 Å². The number of hydrazone groups is 1. The number of benzene rings is 3. The highest BCUT2D eigenvalue weighted by atomic mass is 35.5. The van der Waals surface area contributed by atoms with Crippen molar-refractivity contribution in [2.24, 2.45) is 5.10 Å². The van der Waals surface area contributed by atoms with E-state index in [1.54, 1.807) is 24.3 Å². The van der Waals surface area contributed by atoms with E-state index in [0.29, 0.717) is 22.2 Å². The van der Waals surface area contributed by atoms with Crippen molar-refractivity contribution in [3.8, 4) is 0 Å². The normalized spacial score (nSPS) is 15.6. The first-order valence-electron chi connectivity index (χ1n) is 9.15. The highest BCUT2D eigenvalue weighted by Crippen LogP contribution is 2.43. The zero-order chi connectivity index (χ0) is 22.1. The Morgan fingerprint density at radius 1 is 0.935 bits per heavy atom. The molecule has 8 nitrogen and oxygen atoms in total. The second-order valence-electron chi connectivity index (χ2n) is 6.83. The maximum absolute atomic E-state index is 11.7. The largest absolute Gasteiger partial charge is 0.301 e. The third-order valence-corrected chi connectivity index (χ3v) is 5.56. The van der Waals surface area contributed by atoms with Crippen LogP contribution in [0.2, 0.25) is 10.0 Å². The number of non-ortho nitro benzene ring substituents is 1. The van der Waals surface area contributed by atoms with Gasteiger partial charge in [-0.05, 0) is 35.4 Å². The topological polar surface area (TPSA) is 102 Å². The number of anilines is 1. The molecule has 0 N–H and O–H groups in total. The second kappa shape index (κ2) is 8.33. The van der Waals surface area contributed by atoms with E-state index in [1.807, 2.05) is 24.3 Å². The molecular weight excluding hydrogens is 443 g/mol. The van der Waals surface area contributed by atoms with Crippen molar-refractivity contribution in [3.63, 3.8) is 0 Å². The van der Waals surface area contributed by atoms with Gasteiger partial charge in [0.25, 0.3) is 5.69 Å². The molecule has 0 saturated heterocycles. The first kappa shape index (κ1) is 20.8. The Kier molecular flexibility index (Phi) is 5.58. The van der Waals surface area contributed by atoms with Gasteiger partial charge in [0.1, 0.15) is 5.69 Å². The molecule has 1 atom stereocenters. The first-order chi connectivity index (χ1) is 14.8. The lowest BCUT2D eigenvalue weighted by Crippen LogP contribution is -2.20. The zero-order valence-corrected chi connectivity index (χ0v) is 17.3. The number of nitrogens with zero attached hydrogens (tertiary/aromatic N) is 4. The van der Waals surface area contributed by atoms with Crippen LogP contribution in [-0.2, 0) is 0 Å². The summed E-state index contributed by atoms with van der Waals surface area (Å²) in [5.74, 6) is 0. The zero-order valence-electron chi connectivity index (χ0n) is 15.8. The van der Waals surface area contributed by atoms with Gasteiger partial charge < -0.3 is 0 Å². The number of hydrogen-bond donors (Lipinski definition) is 0. The lowest BCUT2D eigenvalue weighted by atomic mass is 9.98. The molecule has 0 amide bonds. The van der Waals surface area contributed by atoms with Crippen molar-refractivity contribution < 1.29 is 9.85 Å². The van der Waals surface area contributed by atoms with Crippen LogP contribution in [0.4, 0.5) is 17.1 Å². The second-order valence-corrected chi connectivity index (χ2v) is 7.67. The smallest absolute Gasteiger partial charge is 0.258 e. The Morgan fingerprint density at radius 2 is 1.65 bits per heavy atom. The number of rotatable bonds is 5. The minimum atomic E-state index is -0.672. The third-order valence-electron chi connectivity index (χ3n) is 4.97. The van der Waals surface area contributed by atoms with Crippen LogP contribution >= 0.6 is 23.2 Å². The van der Waals surface area contributed by atoms with Crippen LogP contribution in [0.25, 0.3) is 0 Å². The van der Waals surface area contributed by atoms with E-state index in [9.17, 15) is 20.2 Å². The van der Waals surface area contributed by atoms with Gasteiger partial charge in [0.05, 0.1) is 27.7 Å². The summed E-state index contributed by atoms with van der Waals surface area (Å²) in [4.78, 5) is 21.5. The van der Waals surface area contributed by atoms with Gasteiger partial charge in [-0.15, -0.1) is 0 Å². The molecule has 0 fully saturated rings. The molecule has 3 aromatic carbocycles. The van der Waals surface area contributed by atoms with Gasteiger partial charge in [-0.3, -0.25) is 25.2 Å². The SMILES string of the molecule is O=[N+]([O-])c1ccc(N2N=C(c3ccc(Cl)cc3)CC2c2ccccc2Cl)c([N+](=O)[O-])c1. The van der Waals surface area contributed by atoms with Crippen molar-refractivity contribution in [1.82, 2.24) is 0 Å². The van der Waals surface area contributed by atoms with E-state index < -0.39 is 21.6 Å². The van der Waals surface area contributed by atoms with Crippen LogP contribution in [0, 0.1) is 20.2 Å². The summed E-state index contributed by atoms with van der Waals surface area (Å²) < 4.78 is 0. The quantitative estimate of drug-likeness (QED) is 0.337. The number of hydrogen-bond acceptors (Lipinski definition) is 6. The first-order valence-corrected chi connectivity index (χ1v) is 9.90. The fourth-order valence-corrected chi connectivity index (χ4v) is 3.89. The highest BCUT2D eigenvalue weighted by Gasteiger charge is 2.35. The lowest BCUT2D eigenvalue weighted by molar-refractivity contribution is -0.393. The van der Waals surface area contributed by atoms with E-state index in [2.05, 4.69) is 5.10 Å². The van der Waals surface area contributed by atoms with Crippen LogP contribution in [0.5, 0.6) is 0 Å². The predicted molar refractivity (Wildman–Crippen MR) is 119 cm³/mol. The van der Waals surface area contributed by atoms with Crippen LogP contribution in [0.1, 0.15) is 23.6 Å². The van der Waals surface area contributed by atoms with Gasteiger partial charge in [-0.25, -0.2) is 0 Å². The summed E-state index contributed by atoms with van der Waals surface area (Å²) in [5.41, 5.74) is 1.61. The molecule has 4 rings (SSSR count). The predicted octanol–water partition coefficient (Wildman–Crippen LogP) is 6.17. The Hall–Kier alpha value is -3.49. The van der Waals surface area contributed by atoms with Crippen LogP contribution < -0.4 is 5.01 Å². The Morgan fingerprint density at radius 3 is 2.29 bits per heavy atom. The molecule has 1 unspecified atom stereocenters. The molecule has 10 heteroatoms. The number of nitro groups is 2. The summed E-state index contributed by atoms with van der Waals surface area (Å²) in [7, 11) is 0. The molecule has 1 aliphatic heterocycles. The molecule has 0 spiro atoms. The molecule has 0 saturated carbocycles. The summed E-state index contributed by atoms with van der Waals surface area (Å²) in [6, 6.07) is 17.4. The van der Waals surface area contributed by atoms with Gasteiger partial charge in [0, 0.05) is 22.5 Å². The van der Waals surface area contributed by atoms with Crippen molar-refractivity contribution in [1.29, 1.82) is 0 Å². The summed E-state index contributed by atoms with van der Waals surface area (Å²) >= 11 is 12.4. The Bertz CT molecular complexity index is 1210. The van der Waals surface area contributed by atoms with Crippen LogP contribution in [-0.4, -0.2) is 15.6 Å². The third kappa shape index (κ3) is 4.08. The average Bonchev–Trinajstić information content (AvgIpc) is 3.19. The maximum Gasteiger partial charge on any atom is 0.301 e. The standard InChI is InChI=1S/C21H14Cl2N4O4/c22-14-7-5-13(6-8-14)18-12-20(16-3-1-2-4-17(16)23)25(24-18)19-10-9-15(26(28)29)11-21(19)27(30)31/h1-11,20H,12H2. The lowest BCUT2D eigenvalue weighted by Gasteiger charge is -2.24. The van der Waals surface area contributed by atoms with Gasteiger partial charge >= 0.3 is 5.69 Å². The molecule has 0 bridgehead atoms. The molecule has 3 aromatic rings. The number of nitro benzene ring substituents is 2. The molecule has 0 aromatic heterocycles. The molecular formula is C21H14Cl2N4O4. The van der Waals surface area contributed by atoms with Gasteiger partial charge in [0.2, 0.25) is 0 Å². The molecule has 156 valence electrons. The maximum atomic E-state index is 11.7. The van der Waals surface area contributed by atoms with E-state index in [0.717, 1.165) is 17.2 Å². The van der Waals surface area contributed by atoms with E-state index >= 15 is 0 Å².